The molecule has 0 atom stereocenters. The van der Waals surface area contributed by atoms with Crippen LogP contribution in [-0.4, -0.2) is 29.6 Å². The molecule has 8 heteroatoms. The highest BCUT2D eigenvalue weighted by Crippen LogP contribution is 2.35. The number of amides is 1. The highest BCUT2D eigenvalue weighted by atomic mass is 16.7. The molecular formula is C20H17N3O5. The van der Waals surface area contributed by atoms with Crippen LogP contribution < -0.4 is 25.1 Å². The number of rotatable bonds is 5. The van der Waals surface area contributed by atoms with Gasteiger partial charge in [-0.3, -0.25) is 9.59 Å². The van der Waals surface area contributed by atoms with Gasteiger partial charge in [-0.15, -0.1) is 0 Å². The molecule has 1 N–H and O–H groups in total. The summed E-state index contributed by atoms with van der Waals surface area (Å²) in [6.07, 6.45) is 0. The molecule has 28 heavy (non-hydrogen) atoms. The Kier molecular flexibility index (Phi) is 4.67. The molecule has 8 nitrogen and oxygen atoms in total. The molecule has 3 aromatic rings. The van der Waals surface area contributed by atoms with Gasteiger partial charge in [-0.25, -0.2) is 4.68 Å². The third-order valence-electron chi connectivity index (χ3n) is 4.21. The molecule has 142 valence electrons. The van der Waals surface area contributed by atoms with E-state index in [1.165, 1.54) is 13.2 Å². The zero-order valence-corrected chi connectivity index (χ0v) is 15.0. The summed E-state index contributed by atoms with van der Waals surface area (Å²) in [4.78, 5) is 24.6. The van der Waals surface area contributed by atoms with Crippen molar-refractivity contribution in [1.29, 1.82) is 0 Å². The van der Waals surface area contributed by atoms with E-state index in [2.05, 4.69) is 10.4 Å². The Morgan fingerprint density at radius 3 is 2.82 bits per heavy atom. The Hall–Kier alpha value is -3.81. The van der Waals surface area contributed by atoms with E-state index in [1.54, 1.807) is 42.5 Å². The lowest BCUT2D eigenvalue weighted by molar-refractivity contribution is -0.117. The summed E-state index contributed by atoms with van der Waals surface area (Å²) in [6, 6.07) is 15.4. The maximum atomic E-state index is 12.4. The minimum Gasteiger partial charge on any atom is -0.495 e. The minimum absolute atomic E-state index is 0.175. The predicted molar refractivity (Wildman–Crippen MR) is 102 cm³/mol. The number of carbonyl (C=O) groups excluding carboxylic acids is 1. The van der Waals surface area contributed by atoms with Crippen molar-refractivity contribution in [1.82, 2.24) is 9.78 Å². The van der Waals surface area contributed by atoms with Crippen LogP contribution in [0, 0.1) is 0 Å². The Labute approximate surface area is 160 Å². The summed E-state index contributed by atoms with van der Waals surface area (Å²) in [5, 5.41) is 7.04. The lowest BCUT2D eigenvalue weighted by atomic mass is 10.1. The number of nitrogens with one attached hydrogen (secondary N) is 1. The summed E-state index contributed by atoms with van der Waals surface area (Å²) in [7, 11) is 1.52. The molecule has 1 amide bonds. The first kappa shape index (κ1) is 17.6. The Morgan fingerprint density at radius 2 is 1.96 bits per heavy atom. The van der Waals surface area contributed by atoms with Crippen LogP contribution in [0.5, 0.6) is 17.2 Å². The number of aromatic nitrogens is 2. The number of fused-ring (bicyclic) bond motifs is 1. The lowest BCUT2D eigenvalue weighted by Crippen LogP contribution is -2.29. The molecule has 2 heterocycles. The van der Waals surface area contributed by atoms with Crippen LogP contribution in [0.4, 0.5) is 5.69 Å². The molecule has 1 aromatic heterocycles. The average Bonchev–Trinajstić information content (AvgIpc) is 3.18. The Morgan fingerprint density at radius 1 is 1.14 bits per heavy atom. The number of para-hydroxylation sites is 2. The second-order valence-corrected chi connectivity index (χ2v) is 6.03. The molecule has 0 unspecified atom stereocenters. The molecule has 0 saturated carbocycles. The van der Waals surface area contributed by atoms with Crippen molar-refractivity contribution in [3.63, 3.8) is 0 Å². The molecule has 1 aliphatic rings. The monoisotopic (exact) mass is 379 g/mol. The minimum atomic E-state index is -0.387. The van der Waals surface area contributed by atoms with Crippen molar-refractivity contribution in [3.8, 4) is 28.5 Å². The fraction of sp³-hybridized carbons (Fsp3) is 0.150. The number of hydrogen-bond donors (Lipinski definition) is 1. The third kappa shape index (κ3) is 3.52. The predicted octanol–water partition coefficient (Wildman–Crippen LogP) is 2.29. The van der Waals surface area contributed by atoms with Gasteiger partial charge in [-0.05, 0) is 36.4 Å². The first-order valence-corrected chi connectivity index (χ1v) is 8.55. The number of nitrogens with zero attached hydrogens (tertiary/aromatic N) is 2. The van der Waals surface area contributed by atoms with Gasteiger partial charge >= 0.3 is 0 Å². The third-order valence-corrected chi connectivity index (χ3v) is 4.21. The fourth-order valence-corrected chi connectivity index (χ4v) is 2.85. The van der Waals surface area contributed by atoms with E-state index in [-0.39, 0.29) is 24.8 Å². The summed E-state index contributed by atoms with van der Waals surface area (Å²) in [5.74, 6) is 1.42. The van der Waals surface area contributed by atoms with E-state index in [1.807, 2.05) is 6.07 Å². The molecule has 2 aromatic carbocycles. The number of anilines is 1. The summed E-state index contributed by atoms with van der Waals surface area (Å²) in [5.41, 5.74) is 1.45. The Bertz CT molecular complexity index is 1090. The first-order chi connectivity index (χ1) is 13.6. The van der Waals surface area contributed by atoms with Gasteiger partial charge in [0, 0.05) is 11.6 Å². The molecule has 0 spiro atoms. The molecule has 0 radical (unpaired) electrons. The largest absolute Gasteiger partial charge is 0.495 e. The fourth-order valence-electron chi connectivity index (χ4n) is 2.85. The van der Waals surface area contributed by atoms with Crippen molar-refractivity contribution < 1.29 is 19.0 Å². The van der Waals surface area contributed by atoms with E-state index in [0.717, 1.165) is 10.2 Å². The summed E-state index contributed by atoms with van der Waals surface area (Å²) in [6.45, 7) is -0.0515. The maximum absolute atomic E-state index is 12.4. The van der Waals surface area contributed by atoms with E-state index < -0.39 is 0 Å². The SMILES string of the molecule is COc1ccccc1NC(=O)Cn1nc(-c2ccc3c(c2)OCO3)ccc1=O. The number of hydrogen-bond acceptors (Lipinski definition) is 6. The van der Waals surface area contributed by atoms with Gasteiger partial charge < -0.3 is 19.5 Å². The topological polar surface area (TPSA) is 91.7 Å². The van der Waals surface area contributed by atoms with Crippen LogP contribution >= 0.6 is 0 Å². The van der Waals surface area contributed by atoms with Crippen molar-refractivity contribution in [2.75, 3.05) is 19.2 Å². The maximum Gasteiger partial charge on any atom is 0.267 e. The number of carbonyl (C=O) groups is 1. The molecule has 0 fully saturated rings. The van der Waals surface area contributed by atoms with Crippen molar-refractivity contribution in [2.45, 2.75) is 6.54 Å². The van der Waals surface area contributed by atoms with E-state index >= 15 is 0 Å². The molecular weight excluding hydrogens is 362 g/mol. The standard InChI is InChI=1S/C20H17N3O5/c1-26-16-5-3-2-4-15(16)21-19(24)11-23-20(25)9-7-14(22-23)13-6-8-17-18(10-13)28-12-27-17/h2-10H,11-12H2,1H3,(H,21,24). The second kappa shape index (κ2) is 7.43. The average molecular weight is 379 g/mol. The van der Waals surface area contributed by atoms with Gasteiger partial charge in [-0.2, -0.15) is 5.10 Å². The van der Waals surface area contributed by atoms with Crippen LogP contribution in [0.2, 0.25) is 0 Å². The lowest BCUT2D eigenvalue weighted by Gasteiger charge is -2.11. The van der Waals surface area contributed by atoms with Gasteiger partial charge in [0.25, 0.3) is 5.56 Å². The van der Waals surface area contributed by atoms with E-state index in [4.69, 9.17) is 14.2 Å². The smallest absolute Gasteiger partial charge is 0.267 e. The normalized spacial score (nSPS) is 11.9. The second-order valence-electron chi connectivity index (χ2n) is 6.03. The molecule has 1 aliphatic heterocycles. The number of methoxy groups -OCH3 is 1. The number of benzene rings is 2. The van der Waals surface area contributed by atoms with Gasteiger partial charge in [0.1, 0.15) is 12.3 Å². The van der Waals surface area contributed by atoms with Crippen LogP contribution in [0.25, 0.3) is 11.3 Å². The first-order valence-electron chi connectivity index (χ1n) is 8.55. The van der Waals surface area contributed by atoms with Crippen molar-refractivity contribution in [2.24, 2.45) is 0 Å². The van der Waals surface area contributed by atoms with Gasteiger partial charge in [0.05, 0.1) is 18.5 Å². The molecule has 0 aliphatic carbocycles. The quantitative estimate of drug-likeness (QED) is 0.731. The van der Waals surface area contributed by atoms with Crippen LogP contribution in [0.1, 0.15) is 0 Å². The van der Waals surface area contributed by atoms with Crippen molar-refractivity contribution in [3.05, 3.63) is 65.0 Å². The van der Waals surface area contributed by atoms with Gasteiger partial charge in [0.15, 0.2) is 11.5 Å². The van der Waals surface area contributed by atoms with Crippen LogP contribution in [-0.2, 0) is 11.3 Å². The Balaban J connectivity index is 1.56. The van der Waals surface area contributed by atoms with Crippen molar-refractivity contribution >= 4 is 11.6 Å². The zero-order chi connectivity index (χ0) is 19.5. The van der Waals surface area contributed by atoms with Gasteiger partial charge in [0.2, 0.25) is 12.7 Å². The number of ether oxygens (including phenoxy) is 3. The summed E-state index contributed by atoms with van der Waals surface area (Å²) >= 11 is 0. The highest BCUT2D eigenvalue weighted by Gasteiger charge is 2.15. The zero-order valence-electron chi connectivity index (χ0n) is 15.0. The van der Waals surface area contributed by atoms with Crippen LogP contribution in [0.15, 0.2) is 59.4 Å². The highest BCUT2D eigenvalue weighted by molar-refractivity contribution is 5.92. The van der Waals surface area contributed by atoms with E-state index in [0.29, 0.717) is 28.6 Å². The van der Waals surface area contributed by atoms with Crippen LogP contribution in [0.3, 0.4) is 0 Å². The van der Waals surface area contributed by atoms with Gasteiger partial charge in [-0.1, -0.05) is 12.1 Å². The van der Waals surface area contributed by atoms with E-state index in [9.17, 15) is 9.59 Å². The molecule has 4 rings (SSSR count). The molecule has 0 saturated heterocycles. The molecule has 0 bridgehead atoms. The summed E-state index contributed by atoms with van der Waals surface area (Å²) < 4.78 is 17.0.